The van der Waals surface area contributed by atoms with E-state index in [0.29, 0.717) is 16.6 Å². The number of carbonyl (C=O) groups excluding carboxylic acids is 1. The van der Waals surface area contributed by atoms with E-state index in [9.17, 15) is 4.79 Å². The molecule has 1 heterocycles. The number of nitrogens with one attached hydrogen (secondary N) is 1. The number of hydrogen-bond donors (Lipinski definition) is 1. The minimum absolute atomic E-state index is 0.196. The summed E-state index contributed by atoms with van der Waals surface area (Å²) >= 11 is 5.88. The number of carbonyl (C=O) groups is 1. The fraction of sp³-hybridized carbons (Fsp3) is 0.250. The Hall–Kier alpha value is -2.07. The monoisotopic (exact) mass is 302 g/mol. The van der Waals surface area contributed by atoms with Crippen LogP contribution in [0.15, 0.2) is 42.6 Å². The minimum Gasteiger partial charge on any atom is -0.457 e. The molecule has 5 heteroatoms. The van der Waals surface area contributed by atoms with Crippen LogP contribution in [-0.2, 0) is 11.3 Å². The molecule has 1 saturated carbocycles. The van der Waals surface area contributed by atoms with Gasteiger partial charge in [0.25, 0.3) is 0 Å². The fourth-order valence-electron chi connectivity index (χ4n) is 1.90. The Morgan fingerprint density at radius 2 is 2.19 bits per heavy atom. The van der Waals surface area contributed by atoms with Crippen LogP contribution in [0, 0.1) is 0 Å². The van der Waals surface area contributed by atoms with Crippen LogP contribution in [0.5, 0.6) is 0 Å². The van der Waals surface area contributed by atoms with Gasteiger partial charge in [0, 0.05) is 17.3 Å². The van der Waals surface area contributed by atoms with Crippen LogP contribution in [0.4, 0.5) is 5.82 Å². The molecule has 0 spiro atoms. The number of benzene rings is 1. The Kier molecular flexibility index (Phi) is 4.06. The molecule has 0 aliphatic heterocycles. The summed E-state index contributed by atoms with van der Waals surface area (Å²) in [7, 11) is 0. The summed E-state index contributed by atoms with van der Waals surface area (Å²) in [5.41, 5.74) is 1.30. The molecule has 108 valence electrons. The lowest BCUT2D eigenvalue weighted by atomic mass is 10.2. The van der Waals surface area contributed by atoms with Gasteiger partial charge in [0.2, 0.25) is 0 Å². The van der Waals surface area contributed by atoms with Crippen molar-refractivity contribution in [2.24, 2.45) is 0 Å². The molecule has 1 fully saturated rings. The quantitative estimate of drug-likeness (QED) is 0.856. The van der Waals surface area contributed by atoms with Gasteiger partial charge in [-0.2, -0.15) is 0 Å². The first-order chi connectivity index (χ1) is 10.2. The topological polar surface area (TPSA) is 51.2 Å². The Balaban J connectivity index is 1.57. The molecule has 1 aliphatic carbocycles. The molecule has 0 bridgehead atoms. The number of nitrogens with zero attached hydrogens (tertiary/aromatic N) is 1. The number of pyridine rings is 1. The lowest BCUT2D eigenvalue weighted by molar-refractivity contribution is 0.0472. The molecule has 1 aromatic carbocycles. The maximum atomic E-state index is 11.9. The average Bonchev–Trinajstić information content (AvgIpc) is 3.30. The summed E-state index contributed by atoms with van der Waals surface area (Å²) in [6.45, 7) is 0.196. The number of halogens is 1. The van der Waals surface area contributed by atoms with Gasteiger partial charge in [0.05, 0.1) is 5.56 Å². The smallest absolute Gasteiger partial charge is 0.340 e. The second kappa shape index (κ2) is 6.14. The Bertz CT molecular complexity index is 639. The molecule has 0 unspecified atom stereocenters. The van der Waals surface area contributed by atoms with Crippen LogP contribution in [0.1, 0.15) is 28.8 Å². The standard InChI is InChI=1S/C16H15ClN2O2/c17-13-3-1-2-11(8-13)10-21-16(20)12-4-7-15(18-9-12)19-14-5-6-14/h1-4,7-9,14H,5-6,10H2,(H,18,19). The molecule has 0 atom stereocenters. The van der Waals surface area contributed by atoms with Crippen molar-refractivity contribution in [3.63, 3.8) is 0 Å². The predicted octanol–water partition coefficient (Wildman–Crippen LogP) is 3.67. The zero-order chi connectivity index (χ0) is 14.7. The highest BCUT2D eigenvalue weighted by atomic mass is 35.5. The Morgan fingerprint density at radius 3 is 2.86 bits per heavy atom. The van der Waals surface area contributed by atoms with Gasteiger partial charge in [-0.05, 0) is 42.7 Å². The van der Waals surface area contributed by atoms with Crippen molar-refractivity contribution >= 4 is 23.4 Å². The third-order valence-corrected chi connectivity index (χ3v) is 3.42. The molecule has 3 rings (SSSR count). The Labute approximate surface area is 128 Å². The third-order valence-electron chi connectivity index (χ3n) is 3.19. The van der Waals surface area contributed by atoms with Gasteiger partial charge in [-0.1, -0.05) is 23.7 Å². The number of hydrogen-bond acceptors (Lipinski definition) is 4. The average molecular weight is 303 g/mol. The summed E-state index contributed by atoms with van der Waals surface area (Å²) in [5.74, 6) is 0.407. The maximum Gasteiger partial charge on any atom is 0.340 e. The number of ether oxygens (including phenoxy) is 1. The van der Waals surface area contributed by atoms with Crippen LogP contribution in [-0.4, -0.2) is 17.0 Å². The SMILES string of the molecule is O=C(OCc1cccc(Cl)c1)c1ccc(NC2CC2)nc1. The first-order valence-electron chi connectivity index (χ1n) is 6.85. The maximum absolute atomic E-state index is 11.9. The molecule has 1 aliphatic rings. The molecular weight excluding hydrogens is 288 g/mol. The Morgan fingerprint density at radius 1 is 1.33 bits per heavy atom. The highest BCUT2D eigenvalue weighted by Gasteiger charge is 2.21. The number of rotatable bonds is 5. The molecule has 0 saturated heterocycles. The van der Waals surface area contributed by atoms with Crippen LogP contribution in [0.2, 0.25) is 5.02 Å². The van der Waals surface area contributed by atoms with E-state index >= 15 is 0 Å². The van der Waals surface area contributed by atoms with E-state index in [4.69, 9.17) is 16.3 Å². The molecule has 4 nitrogen and oxygen atoms in total. The number of anilines is 1. The van der Waals surface area contributed by atoms with Gasteiger partial charge in [-0.15, -0.1) is 0 Å². The molecular formula is C16H15ClN2O2. The number of esters is 1. The fourth-order valence-corrected chi connectivity index (χ4v) is 2.11. The predicted molar refractivity (Wildman–Crippen MR) is 81.5 cm³/mol. The second-order valence-corrected chi connectivity index (χ2v) is 5.49. The molecule has 2 aromatic rings. The van der Waals surface area contributed by atoms with Crippen LogP contribution in [0.25, 0.3) is 0 Å². The van der Waals surface area contributed by atoms with Gasteiger partial charge in [0.15, 0.2) is 0 Å². The van der Waals surface area contributed by atoms with Gasteiger partial charge < -0.3 is 10.1 Å². The number of aromatic nitrogens is 1. The van der Waals surface area contributed by atoms with Crippen molar-refractivity contribution in [3.05, 3.63) is 58.7 Å². The zero-order valence-electron chi connectivity index (χ0n) is 11.4. The van der Waals surface area contributed by atoms with E-state index < -0.39 is 0 Å². The molecule has 1 aromatic heterocycles. The summed E-state index contributed by atoms with van der Waals surface area (Å²) in [4.78, 5) is 16.1. The third kappa shape index (κ3) is 3.95. The minimum atomic E-state index is -0.388. The van der Waals surface area contributed by atoms with E-state index in [0.717, 1.165) is 11.4 Å². The molecule has 0 amide bonds. The van der Waals surface area contributed by atoms with Crippen molar-refractivity contribution < 1.29 is 9.53 Å². The van der Waals surface area contributed by atoms with E-state index in [-0.39, 0.29) is 12.6 Å². The van der Waals surface area contributed by atoms with E-state index in [2.05, 4.69) is 10.3 Å². The summed E-state index contributed by atoms with van der Waals surface area (Å²) < 4.78 is 5.24. The van der Waals surface area contributed by atoms with Crippen molar-refractivity contribution in [1.29, 1.82) is 0 Å². The summed E-state index contributed by atoms with van der Waals surface area (Å²) in [5, 5.41) is 3.89. The van der Waals surface area contributed by atoms with E-state index in [1.165, 1.54) is 19.0 Å². The molecule has 21 heavy (non-hydrogen) atoms. The van der Waals surface area contributed by atoms with E-state index in [1.807, 2.05) is 12.1 Å². The van der Waals surface area contributed by atoms with Crippen molar-refractivity contribution in [2.45, 2.75) is 25.5 Å². The van der Waals surface area contributed by atoms with Gasteiger partial charge in [-0.3, -0.25) is 0 Å². The second-order valence-electron chi connectivity index (χ2n) is 5.06. The summed E-state index contributed by atoms with van der Waals surface area (Å²) in [6.07, 6.45) is 3.90. The normalized spacial score (nSPS) is 13.8. The summed E-state index contributed by atoms with van der Waals surface area (Å²) in [6, 6.07) is 11.3. The van der Waals surface area contributed by atoms with Gasteiger partial charge >= 0.3 is 5.97 Å². The van der Waals surface area contributed by atoms with Crippen molar-refractivity contribution in [2.75, 3.05) is 5.32 Å². The van der Waals surface area contributed by atoms with Crippen molar-refractivity contribution in [1.82, 2.24) is 4.98 Å². The lowest BCUT2D eigenvalue weighted by Gasteiger charge is -2.06. The highest BCUT2D eigenvalue weighted by molar-refractivity contribution is 6.30. The van der Waals surface area contributed by atoms with Crippen LogP contribution >= 0.6 is 11.6 Å². The van der Waals surface area contributed by atoms with Gasteiger partial charge in [0.1, 0.15) is 12.4 Å². The zero-order valence-corrected chi connectivity index (χ0v) is 12.1. The first kappa shape index (κ1) is 13.9. The van der Waals surface area contributed by atoms with E-state index in [1.54, 1.807) is 24.3 Å². The largest absolute Gasteiger partial charge is 0.457 e. The molecule has 0 radical (unpaired) electrons. The first-order valence-corrected chi connectivity index (χ1v) is 7.23. The molecule has 1 N–H and O–H groups in total. The van der Waals surface area contributed by atoms with Crippen molar-refractivity contribution in [3.8, 4) is 0 Å². The highest BCUT2D eigenvalue weighted by Crippen LogP contribution is 2.23. The van der Waals surface area contributed by atoms with Gasteiger partial charge in [-0.25, -0.2) is 9.78 Å². The lowest BCUT2D eigenvalue weighted by Crippen LogP contribution is -2.07. The van der Waals surface area contributed by atoms with Crippen LogP contribution < -0.4 is 5.32 Å². The van der Waals surface area contributed by atoms with Crippen LogP contribution in [0.3, 0.4) is 0 Å².